The lowest BCUT2D eigenvalue weighted by atomic mass is 10.2. The molecular formula is C23H22N4O3S3. The number of hydrogen-bond donors (Lipinski definition) is 1. The van der Waals surface area contributed by atoms with E-state index >= 15 is 0 Å². The van der Waals surface area contributed by atoms with E-state index in [-0.39, 0.29) is 18.3 Å². The standard InChI is InChI=1S/C23H22N4O3S3/c1-3-30-22(29)21-17(13-18(33-21)15-8-5-4-6-9-15)24-20(28)14-32-23-26-25-19(27(23)2)12-16-10-7-11-31-16/h4-11,13H,3,12,14H2,1-2H3,(H,24,28). The molecule has 10 heteroatoms. The number of aromatic nitrogens is 3. The molecule has 33 heavy (non-hydrogen) atoms. The third kappa shape index (κ3) is 5.70. The molecule has 4 rings (SSSR count). The van der Waals surface area contributed by atoms with Crippen molar-refractivity contribution in [2.75, 3.05) is 17.7 Å². The zero-order chi connectivity index (χ0) is 23.2. The van der Waals surface area contributed by atoms with Crippen LogP contribution in [0.15, 0.2) is 59.1 Å². The first-order valence-corrected chi connectivity index (χ1v) is 12.9. The van der Waals surface area contributed by atoms with Gasteiger partial charge >= 0.3 is 5.97 Å². The lowest BCUT2D eigenvalue weighted by Crippen LogP contribution is -2.16. The second kappa shape index (κ2) is 10.8. The van der Waals surface area contributed by atoms with E-state index in [1.54, 1.807) is 18.3 Å². The first-order valence-electron chi connectivity index (χ1n) is 10.2. The number of rotatable bonds is 9. The number of amides is 1. The number of thioether (sulfide) groups is 1. The van der Waals surface area contributed by atoms with Gasteiger partial charge in [-0.3, -0.25) is 4.79 Å². The summed E-state index contributed by atoms with van der Waals surface area (Å²) >= 11 is 4.28. The summed E-state index contributed by atoms with van der Waals surface area (Å²) in [5, 5.41) is 14.0. The van der Waals surface area contributed by atoms with Gasteiger partial charge in [-0.25, -0.2) is 4.79 Å². The Hall–Kier alpha value is -2.95. The van der Waals surface area contributed by atoms with Gasteiger partial charge in [-0.15, -0.1) is 32.9 Å². The number of nitrogens with one attached hydrogen (secondary N) is 1. The van der Waals surface area contributed by atoms with E-state index in [9.17, 15) is 9.59 Å². The molecule has 0 atom stereocenters. The summed E-state index contributed by atoms with van der Waals surface area (Å²) in [6, 6.07) is 15.6. The van der Waals surface area contributed by atoms with E-state index < -0.39 is 5.97 Å². The van der Waals surface area contributed by atoms with Crippen LogP contribution in [0.3, 0.4) is 0 Å². The number of carbonyl (C=O) groups is 2. The highest BCUT2D eigenvalue weighted by atomic mass is 32.2. The molecule has 3 aromatic heterocycles. The Morgan fingerprint density at radius 1 is 1.15 bits per heavy atom. The number of nitrogens with zero attached hydrogens (tertiary/aromatic N) is 3. The van der Waals surface area contributed by atoms with Gasteiger partial charge in [0.2, 0.25) is 5.91 Å². The molecular weight excluding hydrogens is 476 g/mol. The number of hydrogen-bond acceptors (Lipinski definition) is 8. The summed E-state index contributed by atoms with van der Waals surface area (Å²) in [5.74, 6) is 0.309. The third-order valence-corrected chi connectivity index (χ3v) is 7.76. The van der Waals surface area contributed by atoms with E-state index in [0.717, 1.165) is 16.3 Å². The summed E-state index contributed by atoms with van der Waals surface area (Å²) in [6.45, 7) is 2.02. The van der Waals surface area contributed by atoms with Crippen LogP contribution in [0.2, 0.25) is 0 Å². The van der Waals surface area contributed by atoms with Crippen molar-refractivity contribution >= 4 is 52.0 Å². The van der Waals surface area contributed by atoms with Crippen LogP contribution in [-0.2, 0) is 23.0 Å². The van der Waals surface area contributed by atoms with Crippen LogP contribution in [0.1, 0.15) is 27.3 Å². The Balaban J connectivity index is 1.44. The van der Waals surface area contributed by atoms with E-state index in [0.29, 0.717) is 22.1 Å². The molecule has 0 spiro atoms. The predicted molar refractivity (Wildman–Crippen MR) is 133 cm³/mol. The summed E-state index contributed by atoms with van der Waals surface area (Å²) in [4.78, 5) is 27.6. The summed E-state index contributed by atoms with van der Waals surface area (Å²) in [6.07, 6.45) is 0.702. The molecule has 1 aromatic carbocycles. The topological polar surface area (TPSA) is 86.1 Å². The molecule has 0 aliphatic heterocycles. The van der Waals surface area contributed by atoms with Gasteiger partial charge in [-0.2, -0.15) is 0 Å². The average molecular weight is 499 g/mol. The van der Waals surface area contributed by atoms with E-state index in [1.807, 2.05) is 59.5 Å². The van der Waals surface area contributed by atoms with Gasteiger partial charge < -0.3 is 14.6 Å². The molecule has 4 aromatic rings. The molecule has 0 aliphatic rings. The third-order valence-electron chi connectivity index (χ3n) is 4.70. The maximum absolute atomic E-state index is 12.7. The average Bonchev–Trinajstić information content (AvgIpc) is 3.55. The molecule has 0 unspecified atom stereocenters. The number of ether oxygens (including phenoxy) is 1. The van der Waals surface area contributed by atoms with E-state index in [1.165, 1.54) is 28.0 Å². The highest BCUT2D eigenvalue weighted by Gasteiger charge is 2.20. The monoisotopic (exact) mass is 498 g/mol. The first kappa shape index (κ1) is 23.2. The Bertz CT molecular complexity index is 1230. The summed E-state index contributed by atoms with van der Waals surface area (Å²) in [7, 11) is 1.90. The van der Waals surface area contributed by atoms with Crippen molar-refractivity contribution in [3.63, 3.8) is 0 Å². The fourth-order valence-electron chi connectivity index (χ4n) is 3.09. The quantitative estimate of drug-likeness (QED) is 0.255. The fourth-order valence-corrected chi connectivity index (χ4v) is 5.53. The van der Waals surface area contributed by atoms with Crippen LogP contribution in [0.5, 0.6) is 0 Å². The first-order chi connectivity index (χ1) is 16.0. The highest BCUT2D eigenvalue weighted by molar-refractivity contribution is 7.99. The van der Waals surface area contributed by atoms with Gasteiger partial charge in [0.15, 0.2) is 5.16 Å². The maximum Gasteiger partial charge on any atom is 0.350 e. The molecule has 0 saturated heterocycles. The number of anilines is 1. The van der Waals surface area contributed by atoms with Crippen molar-refractivity contribution in [2.24, 2.45) is 7.05 Å². The van der Waals surface area contributed by atoms with Crippen molar-refractivity contribution in [2.45, 2.75) is 18.5 Å². The summed E-state index contributed by atoms with van der Waals surface area (Å²) < 4.78 is 7.09. The maximum atomic E-state index is 12.7. The number of esters is 1. The fraction of sp³-hybridized carbons (Fsp3) is 0.217. The van der Waals surface area contributed by atoms with Crippen LogP contribution in [-0.4, -0.2) is 39.0 Å². The molecule has 0 bridgehead atoms. The second-order valence-corrected chi connectivity index (χ2v) is 10.0. The molecule has 7 nitrogen and oxygen atoms in total. The molecule has 0 radical (unpaired) electrons. The molecule has 170 valence electrons. The largest absolute Gasteiger partial charge is 0.462 e. The minimum Gasteiger partial charge on any atom is -0.462 e. The Labute approximate surface area is 203 Å². The molecule has 1 N–H and O–H groups in total. The van der Waals surface area contributed by atoms with Crippen molar-refractivity contribution in [1.82, 2.24) is 14.8 Å². The van der Waals surface area contributed by atoms with Gasteiger partial charge in [-0.05, 0) is 30.0 Å². The van der Waals surface area contributed by atoms with Crippen molar-refractivity contribution in [1.29, 1.82) is 0 Å². The molecule has 0 fully saturated rings. The summed E-state index contributed by atoms with van der Waals surface area (Å²) in [5.41, 5.74) is 1.43. The van der Waals surface area contributed by atoms with Gasteiger partial charge in [0, 0.05) is 23.2 Å². The SMILES string of the molecule is CCOC(=O)c1sc(-c2ccccc2)cc1NC(=O)CSc1nnc(Cc2cccs2)n1C. The van der Waals surface area contributed by atoms with Gasteiger partial charge in [-0.1, -0.05) is 48.2 Å². The zero-order valence-electron chi connectivity index (χ0n) is 18.1. The normalized spacial score (nSPS) is 10.8. The van der Waals surface area contributed by atoms with Crippen molar-refractivity contribution < 1.29 is 14.3 Å². The van der Waals surface area contributed by atoms with Crippen LogP contribution in [0.4, 0.5) is 5.69 Å². The van der Waals surface area contributed by atoms with Crippen LogP contribution in [0, 0.1) is 0 Å². The van der Waals surface area contributed by atoms with E-state index in [2.05, 4.69) is 21.6 Å². The Morgan fingerprint density at radius 3 is 2.70 bits per heavy atom. The van der Waals surface area contributed by atoms with Gasteiger partial charge in [0.25, 0.3) is 0 Å². The number of thiophene rings is 2. The molecule has 1 amide bonds. The van der Waals surface area contributed by atoms with Crippen LogP contribution >= 0.6 is 34.4 Å². The smallest absolute Gasteiger partial charge is 0.350 e. The van der Waals surface area contributed by atoms with Crippen LogP contribution < -0.4 is 5.32 Å². The molecule has 3 heterocycles. The molecule has 0 saturated carbocycles. The Morgan fingerprint density at radius 2 is 1.97 bits per heavy atom. The number of benzene rings is 1. The second-order valence-electron chi connectivity index (χ2n) is 6.99. The van der Waals surface area contributed by atoms with Crippen LogP contribution in [0.25, 0.3) is 10.4 Å². The zero-order valence-corrected chi connectivity index (χ0v) is 20.6. The van der Waals surface area contributed by atoms with Crippen molar-refractivity contribution in [3.8, 4) is 10.4 Å². The van der Waals surface area contributed by atoms with Crippen molar-refractivity contribution in [3.05, 3.63) is 69.5 Å². The Kier molecular flexibility index (Phi) is 7.58. The van der Waals surface area contributed by atoms with Gasteiger partial charge in [0.1, 0.15) is 10.7 Å². The minimum absolute atomic E-state index is 0.143. The number of carbonyl (C=O) groups excluding carboxylic acids is 2. The lowest BCUT2D eigenvalue weighted by Gasteiger charge is -2.06. The highest BCUT2D eigenvalue weighted by Crippen LogP contribution is 2.35. The predicted octanol–water partition coefficient (Wildman–Crippen LogP) is 5.10. The minimum atomic E-state index is -0.445. The lowest BCUT2D eigenvalue weighted by molar-refractivity contribution is -0.113. The molecule has 0 aliphatic carbocycles. The van der Waals surface area contributed by atoms with E-state index in [4.69, 9.17) is 4.74 Å². The van der Waals surface area contributed by atoms with Gasteiger partial charge in [0.05, 0.1) is 18.0 Å².